The Morgan fingerprint density at radius 3 is 2.81 bits per heavy atom. The van der Waals surface area contributed by atoms with E-state index in [1.807, 2.05) is 42.9 Å². The van der Waals surface area contributed by atoms with Crippen molar-refractivity contribution < 1.29 is 4.79 Å². The summed E-state index contributed by atoms with van der Waals surface area (Å²) in [5, 5.41) is 3.85. The lowest BCUT2D eigenvalue weighted by molar-refractivity contribution is 0.0929. The molecule has 1 aromatic carbocycles. The van der Waals surface area contributed by atoms with Crippen molar-refractivity contribution in [2.75, 3.05) is 31.0 Å². The first-order valence-electron chi connectivity index (χ1n) is 7.41. The van der Waals surface area contributed by atoms with Crippen LogP contribution in [0.5, 0.6) is 0 Å². The number of thioether (sulfide) groups is 1. The van der Waals surface area contributed by atoms with Gasteiger partial charge in [0.25, 0.3) is 5.91 Å². The summed E-state index contributed by atoms with van der Waals surface area (Å²) in [5.74, 6) is -0.0160. The van der Waals surface area contributed by atoms with E-state index in [2.05, 4.69) is 11.6 Å². The Labute approximate surface area is 131 Å². The van der Waals surface area contributed by atoms with E-state index in [-0.39, 0.29) is 11.9 Å². The van der Waals surface area contributed by atoms with Crippen LogP contribution in [0, 0.1) is 0 Å². The van der Waals surface area contributed by atoms with Gasteiger partial charge in [-0.2, -0.15) is 11.8 Å². The average molecular weight is 307 g/mol. The third-order valence-electron chi connectivity index (χ3n) is 4.04. The molecule has 1 aliphatic carbocycles. The number of amides is 1. The largest absolute Gasteiger partial charge is 0.399 e. The Morgan fingerprint density at radius 2 is 2.14 bits per heavy atom. The summed E-state index contributed by atoms with van der Waals surface area (Å²) in [6, 6.07) is 5.77. The monoisotopic (exact) mass is 307 g/mol. The van der Waals surface area contributed by atoms with Crippen LogP contribution in [-0.2, 0) is 0 Å². The van der Waals surface area contributed by atoms with Crippen molar-refractivity contribution in [3.05, 3.63) is 23.8 Å². The second-order valence-corrected chi connectivity index (χ2v) is 7.00. The summed E-state index contributed by atoms with van der Waals surface area (Å²) in [5.41, 5.74) is 8.02. The molecule has 21 heavy (non-hydrogen) atoms. The van der Waals surface area contributed by atoms with Crippen molar-refractivity contribution in [1.29, 1.82) is 0 Å². The number of hydrogen-bond acceptors (Lipinski definition) is 4. The number of benzene rings is 1. The second kappa shape index (κ2) is 7.07. The summed E-state index contributed by atoms with van der Waals surface area (Å²) in [6.07, 6.45) is 6.73. The zero-order valence-electron chi connectivity index (χ0n) is 13.1. The first-order valence-corrected chi connectivity index (χ1v) is 8.70. The highest BCUT2D eigenvalue weighted by Gasteiger charge is 2.24. The smallest absolute Gasteiger partial charge is 0.253 e. The van der Waals surface area contributed by atoms with Crippen LogP contribution in [0.1, 0.15) is 36.0 Å². The van der Waals surface area contributed by atoms with Crippen molar-refractivity contribution in [3.8, 4) is 0 Å². The summed E-state index contributed by atoms with van der Waals surface area (Å²) < 4.78 is 0. The minimum Gasteiger partial charge on any atom is -0.399 e. The van der Waals surface area contributed by atoms with Gasteiger partial charge in [0.15, 0.2) is 0 Å². The van der Waals surface area contributed by atoms with Gasteiger partial charge in [-0.15, -0.1) is 0 Å². The van der Waals surface area contributed by atoms with E-state index in [1.54, 1.807) is 6.07 Å². The first-order chi connectivity index (χ1) is 10.0. The molecule has 0 saturated heterocycles. The molecule has 1 fully saturated rings. The number of rotatable bonds is 4. The van der Waals surface area contributed by atoms with Crippen LogP contribution in [0.4, 0.5) is 11.4 Å². The molecule has 1 aromatic rings. The Hall–Kier alpha value is -1.36. The number of hydrogen-bond donors (Lipinski definition) is 2. The van der Waals surface area contributed by atoms with Gasteiger partial charge in [-0.25, -0.2) is 0 Å². The van der Waals surface area contributed by atoms with Crippen molar-refractivity contribution >= 4 is 29.0 Å². The lowest BCUT2D eigenvalue weighted by Gasteiger charge is -2.29. The molecule has 0 spiro atoms. The first kappa shape index (κ1) is 16.0. The van der Waals surface area contributed by atoms with Crippen molar-refractivity contribution in [2.24, 2.45) is 0 Å². The van der Waals surface area contributed by atoms with Crippen molar-refractivity contribution in [3.63, 3.8) is 0 Å². The van der Waals surface area contributed by atoms with Gasteiger partial charge < -0.3 is 16.0 Å². The highest BCUT2D eigenvalue weighted by Crippen LogP contribution is 2.28. The number of carbonyl (C=O) groups is 1. The Kier molecular flexibility index (Phi) is 5.39. The molecule has 0 aliphatic heterocycles. The van der Waals surface area contributed by atoms with E-state index in [1.165, 1.54) is 12.8 Å². The van der Waals surface area contributed by atoms with Gasteiger partial charge in [-0.3, -0.25) is 4.79 Å². The minimum atomic E-state index is -0.0160. The summed E-state index contributed by atoms with van der Waals surface area (Å²) in [7, 11) is 3.87. The van der Waals surface area contributed by atoms with Gasteiger partial charge in [-0.05, 0) is 43.7 Å². The Balaban J connectivity index is 2.11. The Morgan fingerprint density at radius 1 is 1.38 bits per heavy atom. The maximum atomic E-state index is 12.6. The molecule has 2 atom stereocenters. The van der Waals surface area contributed by atoms with Gasteiger partial charge in [0, 0.05) is 36.8 Å². The molecule has 1 aliphatic rings. The van der Waals surface area contributed by atoms with Crippen LogP contribution in [-0.4, -0.2) is 37.6 Å². The Bertz CT molecular complexity index is 504. The fourth-order valence-electron chi connectivity index (χ4n) is 2.88. The molecule has 3 N–H and O–H groups in total. The standard InChI is InChI=1S/C16H25N3OS/c1-19(2)15-8-7-11(17)9-14(15)16(20)18-12-5-4-6-13(10-12)21-3/h7-9,12-13H,4-6,10,17H2,1-3H3,(H,18,20). The number of carbonyl (C=O) groups excluding carboxylic acids is 1. The maximum absolute atomic E-state index is 12.6. The van der Waals surface area contributed by atoms with Crippen molar-refractivity contribution in [1.82, 2.24) is 5.32 Å². The fourth-order valence-corrected chi connectivity index (χ4v) is 3.71. The van der Waals surface area contributed by atoms with Gasteiger partial charge in [0.1, 0.15) is 0 Å². The highest BCUT2D eigenvalue weighted by atomic mass is 32.2. The average Bonchev–Trinajstić information content (AvgIpc) is 2.47. The van der Waals surface area contributed by atoms with E-state index >= 15 is 0 Å². The van der Waals surface area contributed by atoms with Gasteiger partial charge in [0.05, 0.1) is 5.56 Å². The van der Waals surface area contributed by atoms with Crippen LogP contribution in [0.2, 0.25) is 0 Å². The third-order valence-corrected chi connectivity index (χ3v) is 5.14. The van der Waals surface area contributed by atoms with Crippen LogP contribution < -0.4 is 16.0 Å². The normalized spacial score (nSPS) is 21.9. The molecule has 116 valence electrons. The van der Waals surface area contributed by atoms with Gasteiger partial charge in [-0.1, -0.05) is 6.42 Å². The van der Waals surface area contributed by atoms with E-state index in [0.717, 1.165) is 18.5 Å². The van der Waals surface area contributed by atoms with Crippen LogP contribution in [0.25, 0.3) is 0 Å². The van der Waals surface area contributed by atoms with Gasteiger partial charge >= 0.3 is 0 Å². The predicted octanol–water partition coefficient (Wildman–Crippen LogP) is 2.74. The highest BCUT2D eigenvalue weighted by molar-refractivity contribution is 7.99. The molecule has 4 nitrogen and oxygen atoms in total. The molecule has 2 unspecified atom stereocenters. The van der Waals surface area contributed by atoms with Crippen LogP contribution >= 0.6 is 11.8 Å². The summed E-state index contributed by atoms with van der Waals surface area (Å²) in [6.45, 7) is 0. The molecule has 1 saturated carbocycles. The molecular formula is C16H25N3OS. The number of nitrogens with one attached hydrogen (secondary N) is 1. The number of nitrogens with two attached hydrogens (primary N) is 1. The lowest BCUT2D eigenvalue weighted by atomic mass is 9.94. The summed E-state index contributed by atoms with van der Waals surface area (Å²) >= 11 is 1.90. The maximum Gasteiger partial charge on any atom is 0.253 e. The predicted molar refractivity (Wildman–Crippen MR) is 92.2 cm³/mol. The molecule has 0 radical (unpaired) electrons. The summed E-state index contributed by atoms with van der Waals surface area (Å²) in [4.78, 5) is 14.5. The molecule has 2 rings (SSSR count). The van der Waals surface area contributed by atoms with Crippen molar-refractivity contribution in [2.45, 2.75) is 37.0 Å². The number of nitrogens with zero attached hydrogens (tertiary/aromatic N) is 1. The minimum absolute atomic E-state index is 0.0160. The number of nitrogen functional groups attached to an aromatic ring is 1. The molecule has 0 heterocycles. The molecule has 0 bridgehead atoms. The molecule has 1 amide bonds. The third kappa shape index (κ3) is 4.06. The van der Waals surface area contributed by atoms with E-state index in [4.69, 9.17) is 5.73 Å². The zero-order valence-corrected chi connectivity index (χ0v) is 13.9. The van der Waals surface area contributed by atoms with E-state index in [9.17, 15) is 4.79 Å². The molecule has 0 aromatic heterocycles. The fraction of sp³-hybridized carbons (Fsp3) is 0.562. The van der Waals surface area contributed by atoms with Crippen LogP contribution in [0.3, 0.4) is 0 Å². The molecular weight excluding hydrogens is 282 g/mol. The number of anilines is 2. The van der Waals surface area contributed by atoms with E-state index in [0.29, 0.717) is 16.5 Å². The quantitative estimate of drug-likeness (QED) is 0.840. The van der Waals surface area contributed by atoms with E-state index < -0.39 is 0 Å². The van der Waals surface area contributed by atoms with Gasteiger partial charge in [0.2, 0.25) is 0 Å². The zero-order chi connectivity index (χ0) is 15.4. The van der Waals surface area contributed by atoms with Crippen LogP contribution in [0.15, 0.2) is 18.2 Å². The second-order valence-electron chi connectivity index (χ2n) is 5.87. The lowest BCUT2D eigenvalue weighted by Crippen LogP contribution is -2.39. The topological polar surface area (TPSA) is 58.4 Å². The SMILES string of the molecule is CSC1CCCC(NC(=O)c2cc(N)ccc2N(C)C)C1. The molecule has 5 heteroatoms.